The average molecular weight is 408 g/mol. The third kappa shape index (κ3) is 6.47. The van der Waals surface area contributed by atoms with E-state index in [0.29, 0.717) is 22.6 Å². The van der Waals surface area contributed by atoms with E-state index >= 15 is 0 Å². The van der Waals surface area contributed by atoms with Crippen molar-refractivity contribution in [1.29, 1.82) is 0 Å². The highest BCUT2D eigenvalue weighted by Crippen LogP contribution is 2.15. The number of halogens is 1. The second-order valence-electron chi connectivity index (χ2n) is 6.38. The zero-order valence-electron chi connectivity index (χ0n) is 15.7. The average Bonchev–Trinajstić information content (AvgIpc) is 2.74. The molecular formula is C23H21FN2O2S. The van der Waals surface area contributed by atoms with Gasteiger partial charge in [-0.1, -0.05) is 48.5 Å². The van der Waals surface area contributed by atoms with Crippen LogP contribution in [0.1, 0.15) is 21.5 Å². The maximum Gasteiger partial charge on any atom is 0.251 e. The maximum absolute atomic E-state index is 13.6. The largest absolute Gasteiger partial charge is 0.348 e. The minimum Gasteiger partial charge on any atom is -0.348 e. The quantitative estimate of drug-likeness (QED) is 0.571. The smallest absolute Gasteiger partial charge is 0.251 e. The van der Waals surface area contributed by atoms with Crippen molar-refractivity contribution in [2.75, 3.05) is 11.1 Å². The first kappa shape index (κ1) is 20.6. The normalized spacial score (nSPS) is 10.4. The van der Waals surface area contributed by atoms with Gasteiger partial charge in [0.2, 0.25) is 5.91 Å². The lowest BCUT2D eigenvalue weighted by Crippen LogP contribution is -2.23. The molecular weight excluding hydrogens is 387 g/mol. The van der Waals surface area contributed by atoms with Crippen LogP contribution in [-0.2, 0) is 17.1 Å². The van der Waals surface area contributed by atoms with Gasteiger partial charge in [0.1, 0.15) is 5.82 Å². The molecule has 3 aromatic rings. The van der Waals surface area contributed by atoms with Crippen molar-refractivity contribution >= 4 is 29.3 Å². The summed E-state index contributed by atoms with van der Waals surface area (Å²) in [5.74, 6) is 0.371. The number of carbonyl (C=O) groups excluding carboxylic acids is 2. The molecule has 0 radical (unpaired) electrons. The van der Waals surface area contributed by atoms with E-state index in [4.69, 9.17) is 0 Å². The molecule has 3 aromatic carbocycles. The van der Waals surface area contributed by atoms with Crippen molar-refractivity contribution in [3.8, 4) is 0 Å². The van der Waals surface area contributed by atoms with E-state index in [9.17, 15) is 14.0 Å². The molecule has 0 atom stereocenters. The third-order valence-electron chi connectivity index (χ3n) is 4.17. The molecule has 0 unspecified atom stereocenters. The minimum absolute atomic E-state index is 0.0506. The number of rotatable bonds is 8. The van der Waals surface area contributed by atoms with Gasteiger partial charge in [-0.15, -0.1) is 11.8 Å². The van der Waals surface area contributed by atoms with Crippen LogP contribution in [0.5, 0.6) is 0 Å². The van der Waals surface area contributed by atoms with E-state index in [1.54, 1.807) is 30.3 Å². The van der Waals surface area contributed by atoms with Gasteiger partial charge in [-0.05, 0) is 35.9 Å². The third-order valence-corrected chi connectivity index (χ3v) is 5.18. The summed E-state index contributed by atoms with van der Waals surface area (Å²) in [6.45, 7) is 0.139. The number of thioether (sulfide) groups is 1. The van der Waals surface area contributed by atoms with Crippen LogP contribution in [0, 0.1) is 5.82 Å². The summed E-state index contributed by atoms with van der Waals surface area (Å²) in [5.41, 5.74) is 2.76. The van der Waals surface area contributed by atoms with Gasteiger partial charge in [0.15, 0.2) is 0 Å². The lowest BCUT2D eigenvalue weighted by molar-refractivity contribution is -0.113. The number of hydrogen-bond donors (Lipinski definition) is 2. The number of carbonyl (C=O) groups is 2. The molecule has 0 aromatic heterocycles. The van der Waals surface area contributed by atoms with Gasteiger partial charge >= 0.3 is 0 Å². The van der Waals surface area contributed by atoms with Crippen LogP contribution in [-0.4, -0.2) is 17.6 Å². The molecule has 0 aliphatic carbocycles. The lowest BCUT2D eigenvalue weighted by Gasteiger charge is -2.08. The standard InChI is InChI=1S/C23H21FN2O2S/c24-21-9-5-4-6-19(21)14-25-23(28)18-12-10-17(11-13-18)15-29-16-22(27)26-20-7-2-1-3-8-20/h1-13H,14-16H2,(H,25,28)(H,26,27). The summed E-state index contributed by atoms with van der Waals surface area (Å²) in [5, 5.41) is 5.56. The highest BCUT2D eigenvalue weighted by molar-refractivity contribution is 7.99. The van der Waals surface area contributed by atoms with Crippen LogP contribution in [0.3, 0.4) is 0 Å². The fourth-order valence-corrected chi connectivity index (χ4v) is 3.44. The van der Waals surface area contributed by atoms with Crippen molar-refractivity contribution in [1.82, 2.24) is 5.32 Å². The number of anilines is 1. The molecule has 2 N–H and O–H groups in total. The Bertz CT molecular complexity index is 962. The molecule has 0 aliphatic rings. The molecule has 148 valence electrons. The Hall–Kier alpha value is -3.12. The summed E-state index contributed by atoms with van der Waals surface area (Å²) in [7, 11) is 0. The Balaban J connectivity index is 1.43. The Labute approximate surface area is 173 Å². The molecule has 4 nitrogen and oxygen atoms in total. The second kappa shape index (κ2) is 10.4. The van der Waals surface area contributed by atoms with Gasteiger partial charge in [-0.2, -0.15) is 0 Å². The first-order valence-corrected chi connectivity index (χ1v) is 10.3. The monoisotopic (exact) mass is 408 g/mol. The van der Waals surface area contributed by atoms with Crippen LogP contribution >= 0.6 is 11.8 Å². The molecule has 0 saturated carbocycles. The Morgan fingerprint density at radius 1 is 0.862 bits per heavy atom. The van der Waals surface area contributed by atoms with Gasteiger partial charge in [-0.3, -0.25) is 9.59 Å². The summed E-state index contributed by atoms with van der Waals surface area (Å²) in [4.78, 5) is 24.2. The summed E-state index contributed by atoms with van der Waals surface area (Å²) in [6, 6.07) is 22.9. The summed E-state index contributed by atoms with van der Waals surface area (Å²) >= 11 is 1.50. The number of amides is 2. The molecule has 0 aliphatic heterocycles. The maximum atomic E-state index is 13.6. The molecule has 0 spiro atoms. The molecule has 2 amide bonds. The number of nitrogens with one attached hydrogen (secondary N) is 2. The van der Waals surface area contributed by atoms with E-state index < -0.39 is 0 Å². The van der Waals surface area contributed by atoms with Crippen LogP contribution in [0.25, 0.3) is 0 Å². The Morgan fingerprint density at radius 3 is 2.28 bits per heavy atom. The number of hydrogen-bond acceptors (Lipinski definition) is 3. The highest BCUT2D eigenvalue weighted by atomic mass is 32.2. The van der Waals surface area contributed by atoms with E-state index in [1.165, 1.54) is 17.8 Å². The highest BCUT2D eigenvalue weighted by Gasteiger charge is 2.08. The van der Waals surface area contributed by atoms with Crippen molar-refractivity contribution < 1.29 is 14.0 Å². The molecule has 6 heteroatoms. The molecule has 0 fully saturated rings. The number of benzene rings is 3. The predicted molar refractivity (Wildman–Crippen MR) is 115 cm³/mol. The Morgan fingerprint density at radius 2 is 1.55 bits per heavy atom. The van der Waals surface area contributed by atoms with E-state index in [2.05, 4.69) is 10.6 Å². The Kier molecular flexibility index (Phi) is 7.41. The van der Waals surface area contributed by atoms with E-state index in [-0.39, 0.29) is 24.2 Å². The molecule has 0 bridgehead atoms. The van der Waals surface area contributed by atoms with E-state index in [0.717, 1.165) is 11.3 Å². The van der Waals surface area contributed by atoms with Crippen LogP contribution in [0.15, 0.2) is 78.9 Å². The van der Waals surface area contributed by atoms with Gasteiger partial charge in [0, 0.05) is 29.1 Å². The lowest BCUT2D eigenvalue weighted by atomic mass is 10.1. The second-order valence-corrected chi connectivity index (χ2v) is 7.36. The molecule has 3 rings (SSSR count). The fourth-order valence-electron chi connectivity index (χ4n) is 2.65. The predicted octanol–water partition coefficient (Wildman–Crippen LogP) is 4.63. The zero-order valence-corrected chi connectivity index (χ0v) is 16.5. The van der Waals surface area contributed by atoms with Crippen molar-refractivity contribution in [3.05, 3.63) is 101 Å². The SMILES string of the molecule is O=C(CSCc1ccc(C(=O)NCc2ccccc2F)cc1)Nc1ccccc1. The first-order chi connectivity index (χ1) is 14.1. The van der Waals surface area contributed by atoms with Crippen LogP contribution in [0.2, 0.25) is 0 Å². The molecule has 29 heavy (non-hydrogen) atoms. The first-order valence-electron chi connectivity index (χ1n) is 9.15. The van der Waals surface area contributed by atoms with Crippen molar-refractivity contribution in [3.63, 3.8) is 0 Å². The van der Waals surface area contributed by atoms with Gasteiger partial charge in [0.25, 0.3) is 5.91 Å². The van der Waals surface area contributed by atoms with E-state index in [1.807, 2.05) is 42.5 Å². The van der Waals surface area contributed by atoms with Gasteiger partial charge in [-0.25, -0.2) is 4.39 Å². The van der Waals surface area contributed by atoms with Crippen LogP contribution in [0.4, 0.5) is 10.1 Å². The zero-order chi connectivity index (χ0) is 20.5. The summed E-state index contributed by atoms with van der Waals surface area (Å²) in [6.07, 6.45) is 0. The van der Waals surface area contributed by atoms with Crippen LogP contribution < -0.4 is 10.6 Å². The van der Waals surface area contributed by atoms with Crippen molar-refractivity contribution in [2.24, 2.45) is 0 Å². The topological polar surface area (TPSA) is 58.2 Å². The molecule has 0 saturated heterocycles. The summed E-state index contributed by atoms with van der Waals surface area (Å²) < 4.78 is 13.6. The fraction of sp³-hybridized carbons (Fsp3) is 0.130. The number of para-hydroxylation sites is 1. The van der Waals surface area contributed by atoms with Gasteiger partial charge in [0.05, 0.1) is 5.75 Å². The van der Waals surface area contributed by atoms with Crippen molar-refractivity contribution in [2.45, 2.75) is 12.3 Å². The molecule has 0 heterocycles. The van der Waals surface area contributed by atoms with Gasteiger partial charge < -0.3 is 10.6 Å². The minimum atomic E-state index is -0.337.